The number of hydrogen-bond acceptors (Lipinski definition) is 7. The number of nitrogens with zero attached hydrogens (tertiary/aromatic N) is 4. The van der Waals surface area contributed by atoms with Crippen LogP contribution in [0.1, 0.15) is 25.3 Å². The molecule has 2 aliphatic rings. The number of piperidine rings is 1. The van der Waals surface area contributed by atoms with Crippen LogP contribution in [0.3, 0.4) is 0 Å². The first-order valence-corrected chi connectivity index (χ1v) is 14.4. The number of likely N-dealkylation sites (tertiary alicyclic amines) is 1. The molecule has 0 radical (unpaired) electrons. The first kappa shape index (κ1) is 26.1. The van der Waals surface area contributed by atoms with Crippen LogP contribution >= 0.6 is 0 Å². The second-order valence-electron chi connectivity index (χ2n) is 10.1. The fourth-order valence-electron chi connectivity index (χ4n) is 5.02. The van der Waals surface area contributed by atoms with E-state index in [4.69, 9.17) is 0 Å². The molecule has 38 heavy (non-hydrogen) atoms. The summed E-state index contributed by atoms with van der Waals surface area (Å²) in [6, 6.07) is 18.3. The van der Waals surface area contributed by atoms with Crippen molar-refractivity contribution in [3.63, 3.8) is 0 Å². The number of rotatable bonds is 7. The van der Waals surface area contributed by atoms with E-state index < -0.39 is 10.0 Å². The lowest BCUT2D eigenvalue weighted by atomic mass is 10.1. The van der Waals surface area contributed by atoms with Gasteiger partial charge in [-0.25, -0.2) is 18.1 Å². The number of sulfonamides is 1. The molecule has 2 aliphatic heterocycles. The third kappa shape index (κ3) is 5.52. The molecule has 1 saturated heterocycles. The molecule has 0 aliphatic carbocycles. The Bertz CT molecular complexity index is 1390. The number of pyridine rings is 1. The molecule has 0 spiro atoms. The van der Waals surface area contributed by atoms with Gasteiger partial charge in [-0.15, -0.1) is 0 Å². The molecular weight excluding hydrogens is 500 g/mol. The maximum atomic E-state index is 12.9. The number of anilines is 4. The van der Waals surface area contributed by atoms with E-state index in [0.717, 1.165) is 48.6 Å². The number of fused-ring (bicyclic) bond motifs is 1. The Balaban J connectivity index is 1.34. The van der Waals surface area contributed by atoms with Gasteiger partial charge < -0.3 is 20.0 Å². The van der Waals surface area contributed by atoms with E-state index in [-0.39, 0.29) is 22.9 Å². The van der Waals surface area contributed by atoms with Gasteiger partial charge >= 0.3 is 0 Å². The van der Waals surface area contributed by atoms with Crippen LogP contribution in [-0.2, 0) is 21.4 Å². The van der Waals surface area contributed by atoms with E-state index >= 15 is 0 Å². The van der Waals surface area contributed by atoms with E-state index in [2.05, 4.69) is 24.8 Å². The summed E-state index contributed by atoms with van der Waals surface area (Å²) in [4.78, 5) is 23.6. The minimum absolute atomic E-state index is 0.0154. The zero-order valence-corrected chi connectivity index (χ0v) is 22.8. The quantitative estimate of drug-likeness (QED) is 0.478. The van der Waals surface area contributed by atoms with Crippen molar-refractivity contribution in [3.05, 3.63) is 72.4 Å². The normalized spacial score (nSPS) is 18.9. The molecule has 0 bridgehead atoms. The smallest absolute Gasteiger partial charge is 0.249 e. The SMILES string of the molecule is CC1C(=O)N(C)c2cnc(Nc3ccc(S(=O)(=O)NC4CCN(C)CC4)cc3)cc2N1Cc1ccccc1. The molecule has 5 rings (SSSR count). The van der Waals surface area contributed by atoms with Crippen molar-refractivity contribution in [1.82, 2.24) is 14.6 Å². The molecule has 1 atom stereocenters. The number of carbonyl (C=O) groups is 1. The molecule has 3 heterocycles. The van der Waals surface area contributed by atoms with Crippen molar-refractivity contribution in [1.29, 1.82) is 0 Å². The number of likely N-dealkylation sites (N-methyl/N-ethyl adjacent to an activating group) is 1. The summed E-state index contributed by atoms with van der Waals surface area (Å²) >= 11 is 0. The minimum atomic E-state index is -3.59. The predicted molar refractivity (Wildman–Crippen MR) is 150 cm³/mol. The highest BCUT2D eigenvalue weighted by atomic mass is 32.2. The standard InChI is InChI=1S/C28H34N6O3S/c1-20-28(35)33(3)26-18-29-27(17-25(26)34(20)19-21-7-5-4-6-8-21)30-22-9-11-24(12-10-22)38(36,37)31-23-13-15-32(2)16-14-23/h4-12,17-18,20,23,31H,13-16,19H2,1-3H3,(H,29,30). The van der Waals surface area contributed by atoms with Crippen LogP contribution in [0.2, 0.25) is 0 Å². The zero-order valence-electron chi connectivity index (χ0n) is 22.0. The Kier molecular flexibility index (Phi) is 7.38. The van der Waals surface area contributed by atoms with E-state index in [1.165, 1.54) is 0 Å². The van der Waals surface area contributed by atoms with Gasteiger partial charge in [0.1, 0.15) is 11.9 Å². The number of nitrogens with one attached hydrogen (secondary N) is 2. The minimum Gasteiger partial charge on any atom is -0.354 e. The van der Waals surface area contributed by atoms with Crippen molar-refractivity contribution >= 4 is 38.8 Å². The molecule has 1 aromatic heterocycles. The summed E-state index contributed by atoms with van der Waals surface area (Å²) in [5, 5.41) is 3.28. The van der Waals surface area contributed by atoms with Crippen molar-refractivity contribution in [3.8, 4) is 0 Å². The van der Waals surface area contributed by atoms with Crippen molar-refractivity contribution in [2.24, 2.45) is 0 Å². The number of hydrogen-bond donors (Lipinski definition) is 2. The molecule has 3 aromatic rings. The van der Waals surface area contributed by atoms with Crippen LogP contribution in [0.25, 0.3) is 0 Å². The molecular formula is C28H34N6O3S. The monoisotopic (exact) mass is 534 g/mol. The highest BCUT2D eigenvalue weighted by Crippen LogP contribution is 2.37. The number of benzene rings is 2. The van der Waals surface area contributed by atoms with E-state index in [9.17, 15) is 13.2 Å². The van der Waals surface area contributed by atoms with Crippen LogP contribution in [0.15, 0.2) is 71.8 Å². The van der Waals surface area contributed by atoms with Gasteiger partial charge in [0.25, 0.3) is 0 Å². The third-order valence-corrected chi connectivity index (χ3v) is 8.90. The lowest BCUT2D eigenvalue weighted by Crippen LogP contribution is -2.50. The molecule has 1 unspecified atom stereocenters. The van der Waals surface area contributed by atoms with Gasteiger partial charge in [0.2, 0.25) is 15.9 Å². The second-order valence-corrected chi connectivity index (χ2v) is 11.8. The topological polar surface area (TPSA) is 97.9 Å². The molecule has 200 valence electrons. The highest BCUT2D eigenvalue weighted by molar-refractivity contribution is 7.89. The van der Waals surface area contributed by atoms with Gasteiger partial charge in [-0.1, -0.05) is 30.3 Å². The average molecular weight is 535 g/mol. The highest BCUT2D eigenvalue weighted by Gasteiger charge is 2.34. The lowest BCUT2D eigenvalue weighted by molar-refractivity contribution is -0.119. The lowest BCUT2D eigenvalue weighted by Gasteiger charge is -2.40. The Hall–Kier alpha value is -3.47. The average Bonchev–Trinajstić information content (AvgIpc) is 2.92. The van der Waals surface area contributed by atoms with Crippen molar-refractivity contribution in [2.75, 3.05) is 42.3 Å². The molecule has 10 heteroatoms. The number of carbonyl (C=O) groups excluding carboxylic acids is 1. The Labute approximate surface area is 224 Å². The van der Waals surface area contributed by atoms with E-state index in [0.29, 0.717) is 12.4 Å². The maximum absolute atomic E-state index is 12.9. The fourth-order valence-corrected chi connectivity index (χ4v) is 6.32. The van der Waals surface area contributed by atoms with E-state index in [1.807, 2.05) is 50.4 Å². The molecule has 1 fully saturated rings. The van der Waals surface area contributed by atoms with Gasteiger partial charge in [0.05, 0.1) is 22.5 Å². The van der Waals surface area contributed by atoms with E-state index in [1.54, 1.807) is 42.4 Å². The first-order valence-electron chi connectivity index (χ1n) is 12.9. The Morgan fingerprint density at radius 3 is 2.34 bits per heavy atom. The van der Waals surface area contributed by atoms with Crippen LogP contribution in [0, 0.1) is 0 Å². The van der Waals surface area contributed by atoms with Crippen molar-refractivity contribution in [2.45, 2.75) is 43.3 Å². The van der Waals surface area contributed by atoms with Gasteiger partial charge in [-0.3, -0.25) is 4.79 Å². The van der Waals surface area contributed by atoms with Crippen LogP contribution in [-0.4, -0.2) is 63.5 Å². The zero-order chi connectivity index (χ0) is 26.9. The molecule has 9 nitrogen and oxygen atoms in total. The molecule has 2 aromatic carbocycles. The van der Waals surface area contributed by atoms with Gasteiger partial charge in [0.15, 0.2) is 0 Å². The summed E-state index contributed by atoms with van der Waals surface area (Å²) < 4.78 is 28.6. The fraction of sp³-hybridized carbons (Fsp3) is 0.357. The molecule has 1 amide bonds. The summed E-state index contributed by atoms with van der Waals surface area (Å²) in [6.45, 7) is 4.27. The Morgan fingerprint density at radius 1 is 0.974 bits per heavy atom. The van der Waals surface area contributed by atoms with Gasteiger partial charge in [-0.2, -0.15) is 0 Å². The summed E-state index contributed by atoms with van der Waals surface area (Å²) in [5.74, 6) is 0.624. The summed E-state index contributed by atoms with van der Waals surface area (Å²) in [6.07, 6.45) is 3.31. The van der Waals surface area contributed by atoms with Gasteiger partial charge in [0, 0.05) is 31.4 Å². The Morgan fingerprint density at radius 2 is 1.66 bits per heavy atom. The maximum Gasteiger partial charge on any atom is 0.249 e. The summed E-state index contributed by atoms with van der Waals surface area (Å²) in [5.41, 5.74) is 3.48. The molecule has 2 N–H and O–H groups in total. The largest absolute Gasteiger partial charge is 0.354 e. The van der Waals surface area contributed by atoms with Crippen LogP contribution in [0.4, 0.5) is 22.9 Å². The summed E-state index contributed by atoms with van der Waals surface area (Å²) in [7, 11) is 0.228. The third-order valence-electron chi connectivity index (χ3n) is 7.36. The van der Waals surface area contributed by atoms with Crippen molar-refractivity contribution < 1.29 is 13.2 Å². The first-order chi connectivity index (χ1) is 18.2. The van der Waals surface area contributed by atoms with Crippen LogP contribution < -0.4 is 19.8 Å². The number of aromatic nitrogens is 1. The number of amides is 1. The predicted octanol–water partition coefficient (Wildman–Crippen LogP) is 3.57. The van der Waals surface area contributed by atoms with Gasteiger partial charge in [-0.05, 0) is 69.7 Å². The second kappa shape index (κ2) is 10.7. The molecule has 0 saturated carbocycles. The van der Waals surface area contributed by atoms with Crippen LogP contribution in [0.5, 0.6) is 0 Å².